The zero-order chi connectivity index (χ0) is 35.8. The molecule has 1 heterocycles. The fourth-order valence-corrected chi connectivity index (χ4v) is 7.62. The molecule has 0 N–H and O–H groups in total. The van der Waals surface area contributed by atoms with Gasteiger partial charge in [-0.25, -0.2) is 0 Å². The van der Waals surface area contributed by atoms with Gasteiger partial charge in [0.05, 0.1) is 0 Å². The molecule has 0 aliphatic heterocycles. The SMILES string of the molecule is c1ccc(-c2ccc(N(c3ccc(-c4ccc(-c5cc6c(ccc7ccccc76)o5)cc4)cc3)c3ccc(-c4ccc5ccccc5c4)cc3)cc2)cc1. The van der Waals surface area contributed by atoms with E-state index in [0.29, 0.717) is 0 Å². The minimum Gasteiger partial charge on any atom is -0.456 e. The van der Waals surface area contributed by atoms with Gasteiger partial charge in [-0.2, -0.15) is 0 Å². The van der Waals surface area contributed by atoms with Gasteiger partial charge in [0.15, 0.2) is 0 Å². The first-order valence-corrected chi connectivity index (χ1v) is 18.4. The minimum absolute atomic E-state index is 0.879. The third-order valence-electron chi connectivity index (χ3n) is 10.5. The van der Waals surface area contributed by atoms with E-state index in [2.05, 4.69) is 217 Å². The number of rotatable bonds is 7. The average Bonchev–Trinajstić information content (AvgIpc) is 3.70. The average molecular weight is 690 g/mol. The molecule has 0 unspecified atom stereocenters. The maximum atomic E-state index is 6.31. The van der Waals surface area contributed by atoms with E-state index in [-0.39, 0.29) is 0 Å². The van der Waals surface area contributed by atoms with Gasteiger partial charge in [0.25, 0.3) is 0 Å². The minimum atomic E-state index is 0.879. The van der Waals surface area contributed by atoms with Gasteiger partial charge in [-0.3, -0.25) is 0 Å². The molecule has 10 aromatic rings. The Morgan fingerprint density at radius 3 is 1.35 bits per heavy atom. The molecule has 0 bridgehead atoms. The van der Waals surface area contributed by atoms with E-state index in [1.807, 2.05) is 0 Å². The number of nitrogens with zero attached hydrogens (tertiary/aromatic N) is 1. The molecule has 54 heavy (non-hydrogen) atoms. The Hall–Kier alpha value is -7.16. The van der Waals surface area contributed by atoms with Crippen LogP contribution in [0.2, 0.25) is 0 Å². The lowest BCUT2D eigenvalue weighted by Gasteiger charge is -2.26. The highest BCUT2D eigenvalue weighted by molar-refractivity contribution is 6.07. The van der Waals surface area contributed by atoms with Crippen molar-refractivity contribution in [3.05, 3.63) is 212 Å². The van der Waals surface area contributed by atoms with Gasteiger partial charge in [-0.15, -0.1) is 0 Å². The third-order valence-corrected chi connectivity index (χ3v) is 10.5. The Morgan fingerprint density at radius 2 is 0.722 bits per heavy atom. The molecule has 1 aromatic heterocycles. The van der Waals surface area contributed by atoms with Crippen molar-refractivity contribution in [1.29, 1.82) is 0 Å². The summed E-state index contributed by atoms with van der Waals surface area (Å²) in [6.45, 7) is 0. The van der Waals surface area contributed by atoms with Gasteiger partial charge in [-0.05, 0) is 110 Å². The number of anilines is 3. The van der Waals surface area contributed by atoms with Crippen molar-refractivity contribution in [2.45, 2.75) is 0 Å². The van der Waals surface area contributed by atoms with Crippen molar-refractivity contribution in [3.8, 4) is 44.7 Å². The van der Waals surface area contributed by atoms with Crippen molar-refractivity contribution < 1.29 is 4.42 Å². The molecule has 10 rings (SSSR count). The zero-order valence-corrected chi connectivity index (χ0v) is 29.6. The standard InChI is InChI=1S/C52H35NO/c1-2-8-36(9-3-1)39-20-27-46(28-21-39)53(48-31-24-41(25-32-48)45-19-16-37-10-4-5-12-44(37)34-45)47-29-22-40(23-30-47)38-14-17-43(18-15-38)52-35-50-49-13-7-6-11-42(49)26-33-51(50)54-52/h1-35H. The number of furan rings is 1. The molecule has 0 radical (unpaired) electrons. The lowest BCUT2D eigenvalue weighted by Crippen LogP contribution is -2.09. The van der Waals surface area contributed by atoms with Crippen molar-refractivity contribution in [2.75, 3.05) is 4.90 Å². The van der Waals surface area contributed by atoms with E-state index in [4.69, 9.17) is 4.42 Å². The molecule has 9 aromatic carbocycles. The predicted octanol–water partition coefficient (Wildman–Crippen LogP) is 14.9. The van der Waals surface area contributed by atoms with Crippen LogP contribution < -0.4 is 4.90 Å². The van der Waals surface area contributed by atoms with E-state index in [0.717, 1.165) is 50.5 Å². The van der Waals surface area contributed by atoms with Crippen LogP contribution in [0.1, 0.15) is 0 Å². The summed E-state index contributed by atoms with van der Waals surface area (Å²) in [6.07, 6.45) is 0. The number of benzene rings is 9. The summed E-state index contributed by atoms with van der Waals surface area (Å²) in [7, 11) is 0. The monoisotopic (exact) mass is 689 g/mol. The van der Waals surface area contributed by atoms with Gasteiger partial charge < -0.3 is 9.32 Å². The van der Waals surface area contributed by atoms with Crippen molar-refractivity contribution >= 4 is 49.6 Å². The Labute approximate surface area is 314 Å². The first-order valence-electron chi connectivity index (χ1n) is 18.4. The highest BCUT2D eigenvalue weighted by Gasteiger charge is 2.15. The van der Waals surface area contributed by atoms with Crippen LogP contribution in [0.5, 0.6) is 0 Å². The first-order chi connectivity index (χ1) is 26.7. The molecule has 0 aliphatic carbocycles. The molecule has 0 aliphatic rings. The van der Waals surface area contributed by atoms with Gasteiger partial charge >= 0.3 is 0 Å². The molecule has 2 heteroatoms. The lowest BCUT2D eigenvalue weighted by atomic mass is 10.0. The first kappa shape index (κ1) is 31.6. The summed E-state index contributed by atoms with van der Waals surface area (Å²) in [4.78, 5) is 2.33. The van der Waals surface area contributed by atoms with Crippen molar-refractivity contribution in [3.63, 3.8) is 0 Å². The second-order valence-electron chi connectivity index (χ2n) is 13.8. The number of fused-ring (bicyclic) bond motifs is 4. The van der Waals surface area contributed by atoms with Crippen LogP contribution in [-0.4, -0.2) is 0 Å². The van der Waals surface area contributed by atoms with E-state index < -0.39 is 0 Å². The molecule has 2 nitrogen and oxygen atoms in total. The predicted molar refractivity (Wildman–Crippen MR) is 228 cm³/mol. The highest BCUT2D eigenvalue weighted by Crippen LogP contribution is 2.39. The molecule has 254 valence electrons. The topological polar surface area (TPSA) is 16.4 Å². The zero-order valence-electron chi connectivity index (χ0n) is 29.6. The maximum Gasteiger partial charge on any atom is 0.135 e. The van der Waals surface area contributed by atoms with Crippen LogP contribution >= 0.6 is 0 Å². The Morgan fingerprint density at radius 1 is 0.278 bits per heavy atom. The fraction of sp³-hybridized carbons (Fsp3) is 0. The van der Waals surface area contributed by atoms with E-state index in [9.17, 15) is 0 Å². The molecule has 0 fully saturated rings. The summed E-state index contributed by atoms with van der Waals surface area (Å²) in [5, 5.41) is 6.07. The molecule has 0 saturated carbocycles. The van der Waals surface area contributed by atoms with Crippen molar-refractivity contribution in [2.24, 2.45) is 0 Å². The van der Waals surface area contributed by atoms with Crippen molar-refractivity contribution in [1.82, 2.24) is 0 Å². The van der Waals surface area contributed by atoms with Crippen LogP contribution in [0, 0.1) is 0 Å². The quantitative estimate of drug-likeness (QED) is 0.166. The smallest absolute Gasteiger partial charge is 0.135 e. The maximum absolute atomic E-state index is 6.31. The molecular formula is C52H35NO. The summed E-state index contributed by atoms with van der Waals surface area (Å²) in [5.41, 5.74) is 12.4. The number of hydrogen-bond acceptors (Lipinski definition) is 2. The van der Waals surface area contributed by atoms with E-state index in [1.165, 1.54) is 43.8 Å². The van der Waals surface area contributed by atoms with Crippen LogP contribution in [0.3, 0.4) is 0 Å². The van der Waals surface area contributed by atoms with Crippen LogP contribution in [0.25, 0.3) is 77.2 Å². The van der Waals surface area contributed by atoms with Gasteiger partial charge in [-0.1, -0.05) is 158 Å². The largest absolute Gasteiger partial charge is 0.456 e. The van der Waals surface area contributed by atoms with Gasteiger partial charge in [0.2, 0.25) is 0 Å². The Kier molecular flexibility index (Phi) is 7.85. The summed E-state index contributed by atoms with van der Waals surface area (Å²) < 4.78 is 6.31. The Bertz CT molecular complexity index is 2890. The molecular weight excluding hydrogens is 655 g/mol. The normalized spacial score (nSPS) is 11.3. The second-order valence-corrected chi connectivity index (χ2v) is 13.8. The molecule has 0 amide bonds. The van der Waals surface area contributed by atoms with Crippen LogP contribution in [-0.2, 0) is 0 Å². The second kappa shape index (κ2) is 13.4. The lowest BCUT2D eigenvalue weighted by molar-refractivity contribution is 0.632. The fourth-order valence-electron chi connectivity index (χ4n) is 7.62. The Balaban J connectivity index is 0.964. The molecule has 0 spiro atoms. The van der Waals surface area contributed by atoms with Gasteiger partial charge in [0, 0.05) is 28.0 Å². The summed E-state index contributed by atoms with van der Waals surface area (Å²) in [5.74, 6) is 0.879. The van der Waals surface area contributed by atoms with Crippen LogP contribution in [0.15, 0.2) is 217 Å². The summed E-state index contributed by atoms with van der Waals surface area (Å²) >= 11 is 0. The van der Waals surface area contributed by atoms with E-state index in [1.54, 1.807) is 0 Å². The highest BCUT2D eigenvalue weighted by atomic mass is 16.3. The number of hydrogen-bond donors (Lipinski definition) is 0. The van der Waals surface area contributed by atoms with Crippen LogP contribution in [0.4, 0.5) is 17.1 Å². The molecule has 0 saturated heterocycles. The summed E-state index contributed by atoms with van der Waals surface area (Å²) in [6, 6.07) is 75.8. The molecule has 0 atom stereocenters. The van der Waals surface area contributed by atoms with Gasteiger partial charge in [0.1, 0.15) is 11.3 Å². The van der Waals surface area contributed by atoms with E-state index >= 15 is 0 Å². The third kappa shape index (κ3) is 5.90.